The number of nitrogens with zero attached hydrogens (tertiary/aromatic N) is 4. The Morgan fingerprint density at radius 1 is 1.50 bits per heavy atom. The molecule has 118 valence electrons. The van der Waals surface area contributed by atoms with Gasteiger partial charge in [-0.3, -0.25) is 14.8 Å². The number of hydrogen-bond donors (Lipinski definition) is 2. The number of aromatic amines is 1. The molecule has 22 heavy (non-hydrogen) atoms. The number of likely N-dealkylation sites (tertiary alicyclic amines) is 1. The minimum absolute atomic E-state index is 0.125. The predicted octanol–water partition coefficient (Wildman–Crippen LogP) is 1.66. The Balaban J connectivity index is 1.59. The molecule has 0 aliphatic carbocycles. The third-order valence-electron chi connectivity index (χ3n) is 3.68. The van der Waals surface area contributed by atoms with Gasteiger partial charge in [0.1, 0.15) is 15.7 Å². The molecular weight excluding hydrogens is 300 g/mol. The van der Waals surface area contributed by atoms with E-state index in [0.717, 1.165) is 30.5 Å². The van der Waals surface area contributed by atoms with Crippen LogP contribution in [0.25, 0.3) is 0 Å². The van der Waals surface area contributed by atoms with Crippen LogP contribution in [-0.4, -0.2) is 44.1 Å². The summed E-state index contributed by atoms with van der Waals surface area (Å²) < 4.78 is 0. The van der Waals surface area contributed by atoms with Gasteiger partial charge in [0.15, 0.2) is 5.82 Å². The second-order valence-electron chi connectivity index (χ2n) is 5.58. The van der Waals surface area contributed by atoms with Gasteiger partial charge in [0.2, 0.25) is 0 Å². The molecule has 7 nitrogen and oxygen atoms in total. The summed E-state index contributed by atoms with van der Waals surface area (Å²) >= 11 is 1.46. The van der Waals surface area contributed by atoms with Crippen molar-refractivity contribution in [3.8, 4) is 0 Å². The van der Waals surface area contributed by atoms with Gasteiger partial charge >= 0.3 is 0 Å². The molecule has 1 unspecified atom stereocenters. The molecule has 2 aromatic heterocycles. The van der Waals surface area contributed by atoms with Gasteiger partial charge in [-0.05, 0) is 39.8 Å². The summed E-state index contributed by atoms with van der Waals surface area (Å²) in [5, 5.41) is 10.7. The van der Waals surface area contributed by atoms with Gasteiger partial charge in [-0.1, -0.05) is 0 Å². The zero-order valence-corrected chi connectivity index (χ0v) is 13.6. The molecule has 1 saturated heterocycles. The smallest absolute Gasteiger partial charge is 0.263 e. The third kappa shape index (κ3) is 3.50. The molecular formula is C14H20N6OS. The Kier molecular flexibility index (Phi) is 4.49. The molecule has 1 aliphatic heterocycles. The Morgan fingerprint density at radius 2 is 2.27 bits per heavy atom. The minimum atomic E-state index is -0.235. The van der Waals surface area contributed by atoms with Crippen molar-refractivity contribution in [1.82, 2.24) is 30.4 Å². The van der Waals surface area contributed by atoms with Crippen LogP contribution in [0.4, 0.5) is 0 Å². The number of carbonyl (C=O) groups is 1. The first-order valence-corrected chi connectivity index (χ1v) is 8.30. The van der Waals surface area contributed by atoms with Crippen molar-refractivity contribution < 1.29 is 4.79 Å². The summed E-state index contributed by atoms with van der Waals surface area (Å²) in [6.07, 6.45) is 4.17. The van der Waals surface area contributed by atoms with Crippen LogP contribution >= 0.6 is 11.3 Å². The van der Waals surface area contributed by atoms with Crippen LogP contribution in [-0.2, 0) is 6.54 Å². The molecule has 2 aromatic rings. The molecule has 1 atom stereocenters. The van der Waals surface area contributed by atoms with Crippen molar-refractivity contribution in [2.45, 2.75) is 39.3 Å². The van der Waals surface area contributed by atoms with Gasteiger partial charge in [0, 0.05) is 0 Å². The van der Waals surface area contributed by atoms with Crippen molar-refractivity contribution in [2.75, 3.05) is 13.1 Å². The molecule has 0 bridgehead atoms. The maximum absolute atomic E-state index is 12.3. The van der Waals surface area contributed by atoms with Crippen molar-refractivity contribution in [1.29, 1.82) is 0 Å². The minimum Gasteiger partial charge on any atom is -0.341 e. The Bertz CT molecular complexity index is 645. The lowest BCUT2D eigenvalue weighted by Crippen LogP contribution is -2.26. The topological polar surface area (TPSA) is 86.8 Å². The largest absolute Gasteiger partial charge is 0.341 e. The summed E-state index contributed by atoms with van der Waals surface area (Å²) in [6, 6.07) is -0.235. The lowest BCUT2D eigenvalue weighted by molar-refractivity contribution is 0.0942. The number of nitrogens with one attached hydrogen (secondary N) is 2. The van der Waals surface area contributed by atoms with E-state index in [1.807, 2.05) is 13.8 Å². The first-order chi connectivity index (χ1) is 10.6. The van der Waals surface area contributed by atoms with E-state index in [2.05, 4.69) is 30.4 Å². The van der Waals surface area contributed by atoms with Gasteiger partial charge in [0.05, 0.1) is 18.8 Å². The first kappa shape index (κ1) is 15.1. The third-order valence-corrected chi connectivity index (χ3v) is 4.67. The fraction of sp³-hybridized carbons (Fsp3) is 0.571. The molecule has 1 amide bonds. The number of hydrogen-bond acceptors (Lipinski definition) is 6. The highest BCUT2D eigenvalue weighted by molar-refractivity contribution is 7.13. The molecule has 1 fully saturated rings. The molecule has 0 spiro atoms. The molecule has 0 radical (unpaired) electrons. The number of aromatic nitrogens is 4. The van der Waals surface area contributed by atoms with E-state index in [-0.39, 0.29) is 11.9 Å². The molecule has 0 aromatic carbocycles. The van der Waals surface area contributed by atoms with E-state index >= 15 is 0 Å². The van der Waals surface area contributed by atoms with E-state index in [0.29, 0.717) is 10.7 Å². The predicted molar refractivity (Wildman–Crippen MR) is 83.6 cm³/mol. The number of aryl methyl sites for hydroxylation is 1. The van der Waals surface area contributed by atoms with Crippen molar-refractivity contribution in [2.24, 2.45) is 0 Å². The molecule has 3 rings (SSSR count). The maximum Gasteiger partial charge on any atom is 0.263 e. The summed E-state index contributed by atoms with van der Waals surface area (Å²) in [4.78, 5) is 23.9. The van der Waals surface area contributed by atoms with Gasteiger partial charge in [0.25, 0.3) is 5.91 Å². The lowest BCUT2D eigenvalue weighted by atomic mass is 10.3. The van der Waals surface area contributed by atoms with Crippen LogP contribution in [0.2, 0.25) is 0 Å². The van der Waals surface area contributed by atoms with Gasteiger partial charge in [-0.2, -0.15) is 5.10 Å². The standard InChI is InChI=1S/C14H20N6OS/c1-9(13-17-10(2)18-19-13)16-14(21)11-7-15-12(22-11)8-20-5-3-4-6-20/h7,9H,3-6,8H2,1-2H3,(H,16,21)(H,17,18,19). The van der Waals surface area contributed by atoms with E-state index in [1.165, 1.54) is 24.2 Å². The summed E-state index contributed by atoms with van der Waals surface area (Å²) in [7, 11) is 0. The Hall–Kier alpha value is -1.80. The van der Waals surface area contributed by atoms with Gasteiger partial charge in [-0.15, -0.1) is 11.3 Å². The summed E-state index contributed by atoms with van der Waals surface area (Å²) in [5.74, 6) is 1.20. The average Bonchev–Trinajstić information content (AvgIpc) is 3.20. The van der Waals surface area contributed by atoms with Crippen LogP contribution in [0, 0.1) is 6.92 Å². The molecule has 1 aliphatic rings. The highest BCUT2D eigenvalue weighted by atomic mass is 32.1. The fourth-order valence-electron chi connectivity index (χ4n) is 2.51. The molecule has 2 N–H and O–H groups in total. The van der Waals surface area contributed by atoms with Crippen molar-refractivity contribution in [3.63, 3.8) is 0 Å². The first-order valence-electron chi connectivity index (χ1n) is 7.48. The van der Waals surface area contributed by atoms with Crippen molar-refractivity contribution >= 4 is 17.2 Å². The highest BCUT2D eigenvalue weighted by Gasteiger charge is 2.18. The second-order valence-corrected chi connectivity index (χ2v) is 6.69. The summed E-state index contributed by atoms with van der Waals surface area (Å²) in [6.45, 7) is 6.80. The zero-order chi connectivity index (χ0) is 15.5. The molecule has 0 saturated carbocycles. The van der Waals surface area contributed by atoms with E-state index < -0.39 is 0 Å². The maximum atomic E-state index is 12.3. The van der Waals surface area contributed by atoms with Crippen LogP contribution in [0.3, 0.4) is 0 Å². The van der Waals surface area contributed by atoms with Gasteiger partial charge < -0.3 is 5.32 Å². The Morgan fingerprint density at radius 3 is 2.95 bits per heavy atom. The van der Waals surface area contributed by atoms with Crippen LogP contribution in [0.15, 0.2) is 6.20 Å². The second kappa shape index (κ2) is 6.53. The average molecular weight is 320 g/mol. The number of thiazole rings is 1. The van der Waals surface area contributed by atoms with E-state index in [1.54, 1.807) is 6.20 Å². The lowest BCUT2D eigenvalue weighted by Gasteiger charge is -2.11. The van der Waals surface area contributed by atoms with Crippen LogP contribution < -0.4 is 5.32 Å². The van der Waals surface area contributed by atoms with E-state index in [9.17, 15) is 4.79 Å². The number of amides is 1. The highest BCUT2D eigenvalue weighted by Crippen LogP contribution is 2.18. The molecule has 3 heterocycles. The van der Waals surface area contributed by atoms with Crippen LogP contribution in [0.5, 0.6) is 0 Å². The molecule has 8 heteroatoms. The number of rotatable bonds is 5. The summed E-state index contributed by atoms with van der Waals surface area (Å²) in [5.41, 5.74) is 0. The fourth-order valence-corrected chi connectivity index (χ4v) is 3.37. The van der Waals surface area contributed by atoms with Gasteiger partial charge in [-0.25, -0.2) is 9.97 Å². The van der Waals surface area contributed by atoms with E-state index in [4.69, 9.17) is 0 Å². The van der Waals surface area contributed by atoms with Crippen LogP contribution in [0.1, 0.15) is 52.1 Å². The Labute approximate surface area is 133 Å². The SMILES string of the molecule is Cc1nc(C(C)NC(=O)c2cnc(CN3CCCC3)s2)n[nH]1. The van der Waals surface area contributed by atoms with Crippen molar-refractivity contribution in [3.05, 3.63) is 27.7 Å². The monoisotopic (exact) mass is 320 g/mol. The number of carbonyl (C=O) groups excluding carboxylic acids is 1. The normalized spacial score (nSPS) is 16.8. The zero-order valence-electron chi connectivity index (χ0n) is 12.8. The number of H-pyrrole nitrogens is 1. The quantitative estimate of drug-likeness (QED) is 0.875.